The van der Waals surface area contributed by atoms with Crippen molar-refractivity contribution in [2.24, 2.45) is 11.8 Å². The van der Waals surface area contributed by atoms with Gasteiger partial charge in [0.1, 0.15) is 11.6 Å². The third-order valence-corrected chi connectivity index (χ3v) is 5.82. The number of nitrogens with one attached hydrogen (secondary N) is 2. The van der Waals surface area contributed by atoms with Gasteiger partial charge in [-0.3, -0.25) is 14.9 Å². The van der Waals surface area contributed by atoms with Gasteiger partial charge in [0.2, 0.25) is 0 Å². The summed E-state index contributed by atoms with van der Waals surface area (Å²) in [6.07, 6.45) is 7.80. The Morgan fingerprint density at radius 3 is 2.48 bits per heavy atom. The fourth-order valence-corrected chi connectivity index (χ4v) is 4.27. The lowest BCUT2D eigenvalue weighted by Gasteiger charge is -2.35. The molecule has 0 radical (unpaired) electrons. The number of ether oxygens (including phenoxy) is 1. The molecule has 3 aliphatic rings. The number of imide groups is 1. The predicted octanol–water partition coefficient (Wildman–Crippen LogP) is 2.27. The number of rotatable bonds is 3. The van der Waals surface area contributed by atoms with Crippen LogP contribution in [0.1, 0.15) is 64.7 Å². The summed E-state index contributed by atoms with van der Waals surface area (Å²) in [6, 6.07) is -0.427. The molecule has 0 unspecified atom stereocenters. The van der Waals surface area contributed by atoms with Crippen LogP contribution in [0.25, 0.3) is 0 Å². The molecule has 3 fully saturated rings. The van der Waals surface area contributed by atoms with E-state index in [0.717, 1.165) is 25.7 Å². The van der Waals surface area contributed by atoms with E-state index >= 15 is 0 Å². The minimum atomic E-state index is -0.801. The lowest BCUT2D eigenvalue weighted by atomic mass is 9.76. The van der Waals surface area contributed by atoms with Crippen LogP contribution in [0.5, 0.6) is 0 Å². The van der Waals surface area contributed by atoms with Gasteiger partial charge in [0.05, 0.1) is 5.92 Å². The minimum Gasteiger partial charge on any atom is -0.462 e. The van der Waals surface area contributed by atoms with Gasteiger partial charge >= 0.3 is 12.0 Å². The van der Waals surface area contributed by atoms with E-state index in [0.29, 0.717) is 31.6 Å². The number of esters is 1. The van der Waals surface area contributed by atoms with Gasteiger partial charge in [-0.05, 0) is 57.3 Å². The Hall–Kier alpha value is -1.59. The van der Waals surface area contributed by atoms with Crippen LogP contribution in [-0.2, 0) is 14.3 Å². The van der Waals surface area contributed by atoms with E-state index in [2.05, 4.69) is 17.6 Å². The fraction of sp³-hybridized carbons (Fsp3) is 0.824. The monoisotopic (exact) mass is 322 g/mol. The van der Waals surface area contributed by atoms with Crippen molar-refractivity contribution >= 4 is 17.9 Å². The summed E-state index contributed by atoms with van der Waals surface area (Å²) in [5, 5.41) is 5.02. The van der Waals surface area contributed by atoms with Crippen LogP contribution in [0.3, 0.4) is 0 Å². The van der Waals surface area contributed by atoms with E-state index in [-0.39, 0.29) is 23.9 Å². The van der Waals surface area contributed by atoms with Crippen molar-refractivity contribution in [1.29, 1.82) is 0 Å². The summed E-state index contributed by atoms with van der Waals surface area (Å²) in [5.41, 5.74) is -0.801. The summed E-state index contributed by atoms with van der Waals surface area (Å²) >= 11 is 0. The first-order chi connectivity index (χ1) is 11.0. The summed E-state index contributed by atoms with van der Waals surface area (Å²) in [5.74, 6) is -0.0320. The molecule has 6 heteroatoms. The summed E-state index contributed by atoms with van der Waals surface area (Å²) in [6.45, 7) is 2.16. The van der Waals surface area contributed by atoms with Crippen LogP contribution in [-0.4, -0.2) is 29.6 Å². The summed E-state index contributed by atoms with van der Waals surface area (Å²) < 4.78 is 5.81. The van der Waals surface area contributed by atoms with Crippen molar-refractivity contribution in [1.82, 2.24) is 10.6 Å². The van der Waals surface area contributed by atoms with Crippen molar-refractivity contribution in [2.75, 3.05) is 0 Å². The third-order valence-electron chi connectivity index (χ3n) is 5.82. The molecule has 1 heterocycles. The molecule has 3 rings (SSSR count). The van der Waals surface area contributed by atoms with Gasteiger partial charge in [-0.25, -0.2) is 4.79 Å². The zero-order chi connectivity index (χ0) is 16.4. The summed E-state index contributed by atoms with van der Waals surface area (Å²) in [7, 11) is 0. The Bertz CT molecular complexity index is 497. The third kappa shape index (κ3) is 3.21. The lowest BCUT2D eigenvalue weighted by Crippen LogP contribution is -2.50. The minimum absolute atomic E-state index is 0.0617. The number of amides is 3. The highest BCUT2D eigenvalue weighted by atomic mass is 16.5. The molecule has 1 aliphatic heterocycles. The molecule has 2 aliphatic carbocycles. The van der Waals surface area contributed by atoms with Gasteiger partial charge in [-0.1, -0.05) is 13.3 Å². The highest BCUT2D eigenvalue weighted by Crippen LogP contribution is 2.36. The molecular weight excluding hydrogens is 296 g/mol. The maximum absolute atomic E-state index is 12.5. The smallest absolute Gasteiger partial charge is 0.322 e. The van der Waals surface area contributed by atoms with Crippen molar-refractivity contribution in [3.63, 3.8) is 0 Å². The molecule has 3 amide bonds. The number of carbonyl (C=O) groups is 3. The Morgan fingerprint density at radius 2 is 1.87 bits per heavy atom. The normalized spacial score (nSPS) is 37.3. The van der Waals surface area contributed by atoms with Crippen LogP contribution in [0.4, 0.5) is 4.79 Å². The van der Waals surface area contributed by atoms with Gasteiger partial charge in [0.15, 0.2) is 0 Å². The van der Waals surface area contributed by atoms with Crippen LogP contribution >= 0.6 is 0 Å². The number of hydrogen-bond acceptors (Lipinski definition) is 4. The Kier molecular flexibility index (Phi) is 4.60. The predicted molar refractivity (Wildman–Crippen MR) is 83.5 cm³/mol. The van der Waals surface area contributed by atoms with E-state index in [1.807, 2.05) is 0 Å². The second-order valence-corrected chi connectivity index (χ2v) is 7.19. The average molecular weight is 322 g/mol. The van der Waals surface area contributed by atoms with Gasteiger partial charge in [0, 0.05) is 0 Å². The zero-order valence-electron chi connectivity index (χ0n) is 13.7. The molecule has 2 N–H and O–H groups in total. The van der Waals surface area contributed by atoms with Gasteiger partial charge < -0.3 is 10.1 Å². The van der Waals surface area contributed by atoms with Crippen LogP contribution < -0.4 is 10.6 Å². The fourth-order valence-electron chi connectivity index (χ4n) is 4.27. The summed E-state index contributed by atoms with van der Waals surface area (Å²) in [4.78, 5) is 35.7. The van der Waals surface area contributed by atoms with Crippen molar-refractivity contribution in [2.45, 2.75) is 76.4 Å². The molecule has 1 saturated heterocycles. The second kappa shape index (κ2) is 6.49. The first kappa shape index (κ1) is 16.3. The quantitative estimate of drug-likeness (QED) is 0.616. The molecule has 0 aromatic carbocycles. The highest BCUT2D eigenvalue weighted by molar-refractivity contribution is 6.07. The van der Waals surface area contributed by atoms with Crippen LogP contribution in [0.2, 0.25) is 0 Å². The van der Waals surface area contributed by atoms with Crippen molar-refractivity contribution < 1.29 is 19.1 Å². The van der Waals surface area contributed by atoms with E-state index in [1.165, 1.54) is 6.42 Å². The molecule has 2 saturated carbocycles. The Labute approximate surface area is 136 Å². The maximum Gasteiger partial charge on any atom is 0.322 e. The number of urea groups is 1. The molecule has 0 aromatic rings. The van der Waals surface area contributed by atoms with E-state index in [4.69, 9.17) is 4.74 Å². The SMILES string of the molecule is CC[C@H]1CCCC[C@H]1OC(=O)C1CCC2(CC1)NC(=O)NC2=O. The Morgan fingerprint density at radius 1 is 1.17 bits per heavy atom. The van der Waals surface area contributed by atoms with Crippen LogP contribution in [0.15, 0.2) is 0 Å². The van der Waals surface area contributed by atoms with Crippen molar-refractivity contribution in [3.05, 3.63) is 0 Å². The average Bonchev–Trinajstić information content (AvgIpc) is 2.82. The van der Waals surface area contributed by atoms with Gasteiger partial charge in [-0.15, -0.1) is 0 Å². The largest absolute Gasteiger partial charge is 0.462 e. The molecule has 0 bridgehead atoms. The molecule has 1 spiro atoms. The molecule has 0 aromatic heterocycles. The van der Waals surface area contributed by atoms with E-state index in [9.17, 15) is 14.4 Å². The molecule has 2 atom stereocenters. The maximum atomic E-state index is 12.5. The Balaban J connectivity index is 1.54. The topological polar surface area (TPSA) is 84.5 Å². The molecule has 6 nitrogen and oxygen atoms in total. The number of carbonyl (C=O) groups excluding carboxylic acids is 3. The van der Waals surface area contributed by atoms with E-state index in [1.54, 1.807) is 0 Å². The zero-order valence-corrected chi connectivity index (χ0v) is 13.7. The molecular formula is C17H26N2O4. The van der Waals surface area contributed by atoms with Crippen molar-refractivity contribution in [3.8, 4) is 0 Å². The van der Waals surface area contributed by atoms with Gasteiger partial charge in [0.25, 0.3) is 5.91 Å². The van der Waals surface area contributed by atoms with Gasteiger partial charge in [-0.2, -0.15) is 0 Å². The number of hydrogen-bond donors (Lipinski definition) is 2. The first-order valence-corrected chi connectivity index (χ1v) is 8.88. The lowest BCUT2D eigenvalue weighted by molar-refractivity contribution is -0.160. The highest BCUT2D eigenvalue weighted by Gasteiger charge is 2.49. The standard InChI is InChI=1S/C17H26N2O4/c1-2-11-5-3-4-6-13(11)23-14(20)12-7-9-17(10-8-12)15(21)18-16(22)19-17/h11-13H,2-10H2,1H3,(H2,18,19,21,22)/t11-,12?,13+,17?/m0/s1. The second-order valence-electron chi connectivity index (χ2n) is 7.19. The molecule has 23 heavy (non-hydrogen) atoms. The first-order valence-electron chi connectivity index (χ1n) is 8.88. The molecule has 128 valence electrons. The van der Waals surface area contributed by atoms with E-state index < -0.39 is 11.6 Å². The van der Waals surface area contributed by atoms with Crippen LogP contribution in [0, 0.1) is 11.8 Å².